The molecule has 0 fully saturated rings. The first-order valence-electron chi connectivity index (χ1n) is 10.0. The lowest BCUT2D eigenvalue weighted by molar-refractivity contribution is -0.131. The number of amides is 1. The number of hydrogen-bond acceptors (Lipinski definition) is 4. The number of rotatable bonds is 7. The molecule has 5 nitrogen and oxygen atoms in total. The number of carbonyl (C=O) groups is 1. The van der Waals surface area contributed by atoms with Gasteiger partial charge < -0.3 is 4.90 Å². The lowest BCUT2D eigenvalue weighted by Gasteiger charge is -2.30. The summed E-state index contributed by atoms with van der Waals surface area (Å²) in [5.41, 5.74) is 2.31. The van der Waals surface area contributed by atoms with E-state index in [0.717, 1.165) is 11.3 Å². The van der Waals surface area contributed by atoms with E-state index in [1.165, 1.54) is 17.8 Å². The van der Waals surface area contributed by atoms with Gasteiger partial charge in [-0.1, -0.05) is 41.6 Å². The largest absolute Gasteiger partial charge is 0.337 e. The molecule has 0 radical (unpaired) electrons. The van der Waals surface area contributed by atoms with Gasteiger partial charge in [0.15, 0.2) is 11.0 Å². The molecule has 0 saturated carbocycles. The summed E-state index contributed by atoms with van der Waals surface area (Å²) in [6.07, 6.45) is 0. The van der Waals surface area contributed by atoms with E-state index in [-0.39, 0.29) is 29.6 Å². The second-order valence-electron chi connectivity index (χ2n) is 7.73. The fourth-order valence-corrected chi connectivity index (χ4v) is 4.30. The number of halogens is 1. The highest BCUT2D eigenvalue weighted by Gasteiger charge is 2.23. The quantitative estimate of drug-likeness (QED) is 0.492. The van der Waals surface area contributed by atoms with Gasteiger partial charge in [0.05, 0.1) is 11.3 Å². The molecule has 3 aromatic rings. The molecule has 0 aliphatic heterocycles. The molecule has 0 N–H and O–H groups in total. The van der Waals surface area contributed by atoms with Crippen LogP contribution in [-0.2, 0) is 4.79 Å². The molecule has 158 valence electrons. The molecule has 7 heteroatoms. The van der Waals surface area contributed by atoms with Crippen LogP contribution < -0.4 is 0 Å². The molecule has 3 rings (SSSR count). The molecule has 0 atom stereocenters. The van der Waals surface area contributed by atoms with Crippen molar-refractivity contribution in [3.63, 3.8) is 0 Å². The van der Waals surface area contributed by atoms with Gasteiger partial charge >= 0.3 is 0 Å². The number of aromatic nitrogens is 3. The number of hydrogen-bond donors (Lipinski definition) is 0. The number of benzene rings is 2. The molecule has 1 heterocycles. The Hall–Kier alpha value is -2.67. The predicted molar refractivity (Wildman–Crippen MR) is 119 cm³/mol. The Kier molecular flexibility index (Phi) is 6.92. The van der Waals surface area contributed by atoms with Gasteiger partial charge in [-0.15, -0.1) is 10.2 Å². The molecule has 0 aliphatic carbocycles. The molecule has 30 heavy (non-hydrogen) atoms. The van der Waals surface area contributed by atoms with Crippen LogP contribution in [0, 0.1) is 12.7 Å². The highest BCUT2D eigenvalue weighted by Crippen LogP contribution is 2.29. The van der Waals surface area contributed by atoms with E-state index in [0.29, 0.717) is 16.5 Å². The first-order valence-corrected chi connectivity index (χ1v) is 11.0. The average molecular weight is 427 g/mol. The van der Waals surface area contributed by atoms with Crippen molar-refractivity contribution in [2.75, 3.05) is 5.75 Å². The fourth-order valence-electron chi connectivity index (χ4n) is 3.48. The van der Waals surface area contributed by atoms with Crippen molar-refractivity contribution in [3.8, 4) is 17.1 Å². The Morgan fingerprint density at radius 1 is 1.03 bits per heavy atom. The van der Waals surface area contributed by atoms with E-state index in [4.69, 9.17) is 0 Å². The molecule has 1 amide bonds. The Bertz CT molecular complexity index is 1010. The van der Waals surface area contributed by atoms with Crippen LogP contribution in [0.15, 0.2) is 53.7 Å². The van der Waals surface area contributed by atoms with Crippen molar-refractivity contribution in [1.29, 1.82) is 0 Å². The van der Waals surface area contributed by atoms with E-state index in [9.17, 15) is 9.18 Å². The van der Waals surface area contributed by atoms with Crippen LogP contribution >= 0.6 is 11.8 Å². The van der Waals surface area contributed by atoms with Gasteiger partial charge in [-0.05, 0) is 58.9 Å². The highest BCUT2D eigenvalue weighted by atomic mass is 32.2. The van der Waals surface area contributed by atoms with E-state index in [2.05, 4.69) is 10.2 Å². The van der Waals surface area contributed by atoms with Gasteiger partial charge in [-0.25, -0.2) is 4.39 Å². The fraction of sp³-hybridized carbons (Fsp3) is 0.348. The van der Waals surface area contributed by atoms with Crippen molar-refractivity contribution in [2.45, 2.75) is 51.9 Å². The number of aryl methyl sites for hydroxylation is 1. The zero-order valence-electron chi connectivity index (χ0n) is 18.0. The van der Waals surface area contributed by atoms with E-state index in [1.54, 1.807) is 18.2 Å². The molecule has 0 aliphatic rings. The summed E-state index contributed by atoms with van der Waals surface area (Å²) < 4.78 is 16.3. The topological polar surface area (TPSA) is 51.0 Å². The molecular weight excluding hydrogens is 399 g/mol. The minimum Gasteiger partial charge on any atom is -0.337 e. The van der Waals surface area contributed by atoms with Gasteiger partial charge in [0, 0.05) is 17.8 Å². The Morgan fingerprint density at radius 2 is 1.67 bits per heavy atom. The summed E-state index contributed by atoms with van der Waals surface area (Å²) in [6, 6.07) is 14.6. The van der Waals surface area contributed by atoms with Crippen molar-refractivity contribution in [3.05, 3.63) is 59.9 Å². The van der Waals surface area contributed by atoms with Crippen molar-refractivity contribution in [1.82, 2.24) is 19.7 Å². The van der Waals surface area contributed by atoms with Gasteiger partial charge in [0.1, 0.15) is 5.82 Å². The smallest absolute Gasteiger partial charge is 0.233 e. The second kappa shape index (κ2) is 9.43. The maximum absolute atomic E-state index is 14.5. The third-order valence-corrected chi connectivity index (χ3v) is 5.68. The molecule has 0 unspecified atom stereocenters. The lowest BCUT2D eigenvalue weighted by Crippen LogP contribution is -2.43. The van der Waals surface area contributed by atoms with E-state index in [1.807, 2.05) is 68.4 Å². The number of thioether (sulfide) groups is 1. The minimum absolute atomic E-state index is 0.0379. The molecular formula is C23H27FN4OS. The summed E-state index contributed by atoms with van der Waals surface area (Å²) in [7, 11) is 0. The maximum Gasteiger partial charge on any atom is 0.233 e. The maximum atomic E-state index is 14.5. The number of nitrogens with zero attached hydrogens (tertiary/aromatic N) is 4. The number of carbonyl (C=O) groups excluding carboxylic acids is 1. The molecule has 1 aromatic heterocycles. The van der Waals surface area contributed by atoms with Crippen LogP contribution in [-0.4, -0.2) is 43.4 Å². The molecule has 0 saturated heterocycles. The van der Waals surface area contributed by atoms with Gasteiger partial charge in [-0.2, -0.15) is 0 Å². The monoisotopic (exact) mass is 426 g/mol. The predicted octanol–water partition coefficient (Wildman–Crippen LogP) is 5.12. The first-order chi connectivity index (χ1) is 14.3. The minimum atomic E-state index is -0.364. The van der Waals surface area contributed by atoms with Crippen molar-refractivity contribution >= 4 is 17.7 Å². The Labute approximate surface area is 181 Å². The summed E-state index contributed by atoms with van der Waals surface area (Å²) in [6.45, 7) is 10.0. The van der Waals surface area contributed by atoms with Crippen LogP contribution in [0.1, 0.15) is 33.3 Å². The van der Waals surface area contributed by atoms with Crippen molar-refractivity contribution < 1.29 is 9.18 Å². The van der Waals surface area contributed by atoms with Crippen LogP contribution in [0.4, 0.5) is 4.39 Å². The molecule has 0 spiro atoms. The third kappa shape index (κ3) is 4.73. The van der Waals surface area contributed by atoms with Gasteiger partial charge in [0.2, 0.25) is 5.91 Å². The van der Waals surface area contributed by atoms with Crippen molar-refractivity contribution in [2.24, 2.45) is 0 Å². The third-order valence-electron chi connectivity index (χ3n) is 4.77. The summed E-state index contributed by atoms with van der Waals surface area (Å²) in [4.78, 5) is 14.7. The Morgan fingerprint density at radius 3 is 2.27 bits per heavy atom. The average Bonchev–Trinajstić information content (AvgIpc) is 3.10. The van der Waals surface area contributed by atoms with Crippen LogP contribution in [0.5, 0.6) is 0 Å². The second-order valence-corrected chi connectivity index (χ2v) is 8.68. The van der Waals surface area contributed by atoms with E-state index >= 15 is 0 Å². The lowest BCUT2D eigenvalue weighted by atomic mass is 10.2. The normalized spacial score (nSPS) is 11.3. The molecule has 0 bridgehead atoms. The summed E-state index contributed by atoms with van der Waals surface area (Å²) >= 11 is 1.31. The zero-order valence-corrected chi connectivity index (χ0v) is 18.8. The zero-order chi connectivity index (χ0) is 21.8. The van der Waals surface area contributed by atoms with Crippen LogP contribution in [0.2, 0.25) is 0 Å². The summed E-state index contributed by atoms with van der Waals surface area (Å²) in [5, 5.41) is 9.11. The molecule has 2 aromatic carbocycles. The summed E-state index contributed by atoms with van der Waals surface area (Å²) in [5.74, 6) is 0.321. The van der Waals surface area contributed by atoms with Crippen LogP contribution in [0.3, 0.4) is 0 Å². The highest BCUT2D eigenvalue weighted by molar-refractivity contribution is 7.99. The Balaban J connectivity index is 1.98. The van der Waals surface area contributed by atoms with Gasteiger partial charge in [-0.3, -0.25) is 9.36 Å². The van der Waals surface area contributed by atoms with Crippen LogP contribution in [0.25, 0.3) is 17.1 Å². The first kappa shape index (κ1) is 22.0. The standard InChI is InChI=1S/C23H27FN4OS/c1-15(2)27(16(3)4)21(29)14-30-23-26-25-22(19-8-6-7-9-20(19)24)28(23)18-12-10-17(5)11-13-18/h6-13,15-16H,14H2,1-5H3. The van der Waals surface area contributed by atoms with Gasteiger partial charge in [0.25, 0.3) is 0 Å². The SMILES string of the molecule is Cc1ccc(-n2c(SCC(=O)N(C(C)C)C(C)C)nnc2-c2ccccc2F)cc1. The van der Waals surface area contributed by atoms with E-state index < -0.39 is 0 Å².